The van der Waals surface area contributed by atoms with Crippen LogP contribution in [0, 0.1) is 0 Å². The minimum atomic E-state index is 0.700. The summed E-state index contributed by atoms with van der Waals surface area (Å²) >= 11 is 9.71. The van der Waals surface area contributed by atoms with Crippen molar-refractivity contribution in [3.8, 4) is 11.3 Å². The Balaban J connectivity index is 2.36. The molecule has 0 unspecified atom stereocenters. The maximum absolute atomic E-state index is 6.33. The van der Waals surface area contributed by atoms with Gasteiger partial charge >= 0.3 is 0 Å². The monoisotopic (exact) mass is 328 g/mol. The van der Waals surface area contributed by atoms with E-state index in [2.05, 4.69) is 44.5 Å². The van der Waals surface area contributed by atoms with Crippen molar-refractivity contribution in [2.24, 2.45) is 7.05 Å². The molecule has 1 aromatic carbocycles. The molecule has 0 fully saturated rings. The van der Waals surface area contributed by atoms with Gasteiger partial charge in [0.2, 0.25) is 0 Å². The van der Waals surface area contributed by atoms with Gasteiger partial charge in [0.1, 0.15) is 5.69 Å². The van der Waals surface area contributed by atoms with Crippen LogP contribution < -0.4 is 5.32 Å². The molecule has 0 aliphatic rings. The third kappa shape index (κ3) is 2.74. The first-order valence-corrected chi connectivity index (χ1v) is 6.85. The van der Waals surface area contributed by atoms with E-state index in [0.29, 0.717) is 9.63 Å². The van der Waals surface area contributed by atoms with Crippen molar-refractivity contribution in [1.29, 1.82) is 0 Å². The first-order chi connectivity index (χ1) is 8.63. The topological polar surface area (TPSA) is 42.7 Å². The molecule has 1 aromatic heterocycles. The van der Waals surface area contributed by atoms with Gasteiger partial charge in [0.05, 0.1) is 5.02 Å². The summed E-state index contributed by atoms with van der Waals surface area (Å²) in [6.45, 7) is 3.84. The van der Waals surface area contributed by atoms with E-state index in [0.717, 1.165) is 29.9 Å². The lowest BCUT2D eigenvalue weighted by molar-refractivity contribution is 0.719. The Morgan fingerprint density at radius 1 is 1.44 bits per heavy atom. The Bertz CT molecular complexity index is 534. The van der Waals surface area contributed by atoms with E-state index in [9.17, 15) is 0 Å². The molecular formula is C12H14BrClN4. The lowest BCUT2D eigenvalue weighted by Gasteiger charge is -2.08. The smallest absolute Gasteiger partial charge is 0.156 e. The number of aryl methyl sites for hydroxylation is 1. The average molecular weight is 330 g/mol. The number of aromatic nitrogens is 3. The second-order valence-electron chi connectivity index (χ2n) is 3.95. The molecule has 2 aromatic rings. The lowest BCUT2D eigenvalue weighted by atomic mass is 10.1. The maximum atomic E-state index is 6.33. The molecule has 2 rings (SSSR count). The fraction of sp³-hybridized carbons (Fsp3) is 0.333. The van der Waals surface area contributed by atoms with Gasteiger partial charge in [-0.2, -0.15) is 0 Å². The van der Waals surface area contributed by atoms with Crippen LogP contribution >= 0.6 is 27.5 Å². The van der Waals surface area contributed by atoms with Crippen LogP contribution in [0.5, 0.6) is 0 Å². The normalized spacial score (nSPS) is 10.9. The van der Waals surface area contributed by atoms with E-state index in [1.807, 2.05) is 19.2 Å². The molecule has 0 saturated heterocycles. The van der Waals surface area contributed by atoms with Crippen molar-refractivity contribution < 1.29 is 0 Å². The molecule has 0 aliphatic carbocycles. The number of nitrogens with zero attached hydrogens (tertiary/aromatic N) is 3. The van der Waals surface area contributed by atoms with Crippen LogP contribution in [0.15, 0.2) is 22.8 Å². The fourth-order valence-electron chi connectivity index (χ4n) is 1.75. The van der Waals surface area contributed by atoms with Crippen molar-refractivity contribution in [2.45, 2.75) is 13.5 Å². The predicted molar refractivity (Wildman–Crippen MR) is 76.5 cm³/mol. The van der Waals surface area contributed by atoms with Gasteiger partial charge in [-0.05, 0) is 34.1 Å². The zero-order valence-electron chi connectivity index (χ0n) is 10.2. The summed E-state index contributed by atoms with van der Waals surface area (Å²) in [6, 6.07) is 6.03. The Kier molecular flexibility index (Phi) is 4.37. The summed E-state index contributed by atoms with van der Waals surface area (Å²) in [4.78, 5) is 0. The van der Waals surface area contributed by atoms with Crippen LogP contribution in [-0.4, -0.2) is 21.5 Å². The third-order valence-corrected chi connectivity index (χ3v) is 3.50. The molecule has 0 aliphatic heterocycles. The summed E-state index contributed by atoms with van der Waals surface area (Å²) in [6.07, 6.45) is 0. The molecule has 0 bridgehead atoms. The first kappa shape index (κ1) is 13.5. The molecule has 18 heavy (non-hydrogen) atoms. The largest absolute Gasteiger partial charge is 0.313 e. The minimum absolute atomic E-state index is 0.700. The number of rotatable bonds is 4. The molecule has 96 valence electrons. The van der Waals surface area contributed by atoms with Gasteiger partial charge in [0.25, 0.3) is 0 Å². The summed E-state index contributed by atoms with van der Waals surface area (Å²) in [5, 5.41) is 11.9. The van der Waals surface area contributed by atoms with Gasteiger partial charge in [-0.3, -0.25) is 0 Å². The van der Waals surface area contributed by atoms with E-state index >= 15 is 0 Å². The molecule has 0 spiro atoms. The number of benzene rings is 1. The number of nitrogens with one attached hydrogen (secondary N) is 1. The van der Waals surface area contributed by atoms with Crippen molar-refractivity contribution in [1.82, 2.24) is 20.3 Å². The van der Waals surface area contributed by atoms with E-state index in [1.54, 1.807) is 4.68 Å². The molecule has 1 N–H and O–H groups in total. The van der Waals surface area contributed by atoms with Crippen molar-refractivity contribution >= 4 is 27.5 Å². The summed E-state index contributed by atoms with van der Waals surface area (Å²) in [7, 11) is 1.84. The zero-order chi connectivity index (χ0) is 13.1. The van der Waals surface area contributed by atoms with Gasteiger partial charge in [-0.1, -0.05) is 35.9 Å². The summed E-state index contributed by atoms with van der Waals surface area (Å²) in [5.41, 5.74) is 2.98. The number of hydrogen-bond donors (Lipinski definition) is 1. The standard InChI is InChI=1S/C12H14BrClN4/c1-3-15-7-8-4-5-9(10(14)6-8)11-12(13)16-17-18(11)2/h4-6,15H,3,7H2,1-2H3. The highest BCUT2D eigenvalue weighted by molar-refractivity contribution is 9.10. The van der Waals surface area contributed by atoms with Gasteiger partial charge in [0.15, 0.2) is 4.60 Å². The van der Waals surface area contributed by atoms with E-state index in [1.165, 1.54) is 0 Å². The molecule has 0 radical (unpaired) electrons. The molecule has 0 atom stereocenters. The summed E-state index contributed by atoms with van der Waals surface area (Å²) < 4.78 is 2.40. The fourth-order valence-corrected chi connectivity index (χ4v) is 2.58. The second-order valence-corrected chi connectivity index (χ2v) is 5.11. The van der Waals surface area contributed by atoms with Gasteiger partial charge in [-0.25, -0.2) is 4.68 Å². The van der Waals surface area contributed by atoms with E-state index in [-0.39, 0.29) is 0 Å². The molecular weight excluding hydrogens is 316 g/mol. The van der Waals surface area contributed by atoms with Crippen LogP contribution in [-0.2, 0) is 13.6 Å². The van der Waals surface area contributed by atoms with Crippen LogP contribution in [0.4, 0.5) is 0 Å². The van der Waals surface area contributed by atoms with Gasteiger partial charge in [0, 0.05) is 19.2 Å². The van der Waals surface area contributed by atoms with Crippen LogP contribution in [0.2, 0.25) is 5.02 Å². The Morgan fingerprint density at radius 3 is 2.78 bits per heavy atom. The quantitative estimate of drug-likeness (QED) is 0.937. The zero-order valence-corrected chi connectivity index (χ0v) is 12.6. The maximum Gasteiger partial charge on any atom is 0.156 e. The Morgan fingerprint density at radius 2 is 2.22 bits per heavy atom. The Hall–Kier alpha value is -0.910. The second kappa shape index (κ2) is 5.82. The Labute approximate surface area is 119 Å². The SMILES string of the molecule is CCNCc1ccc(-c2c(Br)nnn2C)c(Cl)c1. The van der Waals surface area contributed by atoms with Gasteiger partial charge < -0.3 is 5.32 Å². The summed E-state index contributed by atoms with van der Waals surface area (Å²) in [5.74, 6) is 0. The third-order valence-electron chi connectivity index (χ3n) is 2.65. The molecule has 4 nitrogen and oxygen atoms in total. The molecule has 0 amide bonds. The predicted octanol–water partition coefficient (Wildman–Crippen LogP) is 3.01. The number of hydrogen-bond acceptors (Lipinski definition) is 3. The lowest BCUT2D eigenvalue weighted by Crippen LogP contribution is -2.11. The highest BCUT2D eigenvalue weighted by atomic mass is 79.9. The van der Waals surface area contributed by atoms with Gasteiger partial charge in [-0.15, -0.1) is 5.10 Å². The van der Waals surface area contributed by atoms with Crippen molar-refractivity contribution in [3.05, 3.63) is 33.4 Å². The molecule has 6 heteroatoms. The van der Waals surface area contributed by atoms with E-state index < -0.39 is 0 Å². The van der Waals surface area contributed by atoms with E-state index in [4.69, 9.17) is 11.6 Å². The van der Waals surface area contributed by atoms with Crippen LogP contribution in [0.3, 0.4) is 0 Å². The number of halogens is 2. The highest BCUT2D eigenvalue weighted by Gasteiger charge is 2.13. The first-order valence-electron chi connectivity index (χ1n) is 5.68. The van der Waals surface area contributed by atoms with Crippen LogP contribution in [0.25, 0.3) is 11.3 Å². The average Bonchev–Trinajstić information content (AvgIpc) is 2.67. The van der Waals surface area contributed by atoms with Crippen LogP contribution in [0.1, 0.15) is 12.5 Å². The minimum Gasteiger partial charge on any atom is -0.313 e. The van der Waals surface area contributed by atoms with Crippen molar-refractivity contribution in [2.75, 3.05) is 6.54 Å². The van der Waals surface area contributed by atoms with Crippen molar-refractivity contribution in [3.63, 3.8) is 0 Å². The molecule has 0 saturated carbocycles. The molecule has 1 heterocycles. The highest BCUT2D eigenvalue weighted by Crippen LogP contribution is 2.32.